The number of benzene rings is 1. The molecule has 3 rings (SSSR count). The molecule has 2 amide bonds. The maximum atomic E-state index is 12.7. The van der Waals surface area contributed by atoms with Crippen LogP contribution in [0.2, 0.25) is 0 Å². The van der Waals surface area contributed by atoms with Crippen molar-refractivity contribution >= 4 is 11.8 Å². The van der Waals surface area contributed by atoms with Crippen LogP contribution in [0, 0.1) is 5.92 Å². The van der Waals surface area contributed by atoms with Crippen LogP contribution in [0.4, 0.5) is 0 Å². The van der Waals surface area contributed by atoms with Crippen LogP contribution in [-0.4, -0.2) is 79.4 Å². The second-order valence-corrected chi connectivity index (χ2v) is 7.25. The molecule has 2 saturated heterocycles. The van der Waals surface area contributed by atoms with E-state index in [0.29, 0.717) is 31.7 Å². The van der Waals surface area contributed by atoms with E-state index in [9.17, 15) is 9.59 Å². The van der Waals surface area contributed by atoms with Crippen molar-refractivity contribution in [1.29, 1.82) is 0 Å². The molecule has 0 unspecified atom stereocenters. The Morgan fingerprint density at radius 1 is 0.962 bits per heavy atom. The van der Waals surface area contributed by atoms with Gasteiger partial charge >= 0.3 is 0 Å². The van der Waals surface area contributed by atoms with E-state index in [2.05, 4.69) is 4.90 Å². The number of rotatable bonds is 5. The SMILES string of the molecule is COc1ccc(C(=O)N2CCN(C(=O)[C@H](C)CN3CCCC3)CC2)cc1. The predicted octanol–water partition coefficient (Wildman–Crippen LogP) is 1.71. The number of ether oxygens (including phenoxy) is 1. The second-order valence-electron chi connectivity index (χ2n) is 7.25. The van der Waals surface area contributed by atoms with E-state index in [-0.39, 0.29) is 17.7 Å². The minimum atomic E-state index is 0.0184. The summed E-state index contributed by atoms with van der Waals surface area (Å²) in [6.45, 7) is 7.51. The molecule has 2 aliphatic rings. The Kier molecular flexibility index (Phi) is 6.14. The van der Waals surface area contributed by atoms with Crippen LogP contribution in [0.15, 0.2) is 24.3 Å². The van der Waals surface area contributed by atoms with Crippen LogP contribution in [0.25, 0.3) is 0 Å². The number of methoxy groups -OCH3 is 1. The van der Waals surface area contributed by atoms with E-state index in [1.807, 2.05) is 16.7 Å². The molecular weight excluding hydrogens is 330 g/mol. The van der Waals surface area contributed by atoms with Gasteiger partial charge in [0.25, 0.3) is 5.91 Å². The molecule has 1 atom stereocenters. The summed E-state index contributed by atoms with van der Waals surface area (Å²) in [7, 11) is 1.61. The van der Waals surface area contributed by atoms with Gasteiger partial charge in [0.2, 0.25) is 5.91 Å². The maximum absolute atomic E-state index is 12.7. The zero-order chi connectivity index (χ0) is 18.5. The summed E-state index contributed by atoms with van der Waals surface area (Å²) in [5.74, 6) is 0.999. The van der Waals surface area contributed by atoms with Gasteiger partial charge in [0, 0.05) is 44.2 Å². The molecule has 0 radical (unpaired) electrons. The third-order valence-corrected chi connectivity index (χ3v) is 5.37. The van der Waals surface area contributed by atoms with Crippen molar-refractivity contribution in [1.82, 2.24) is 14.7 Å². The summed E-state index contributed by atoms with van der Waals surface area (Å²) in [4.78, 5) is 31.4. The zero-order valence-corrected chi connectivity index (χ0v) is 15.8. The summed E-state index contributed by atoms with van der Waals surface area (Å²) in [6, 6.07) is 7.17. The molecule has 2 aliphatic heterocycles. The predicted molar refractivity (Wildman–Crippen MR) is 100 cm³/mol. The van der Waals surface area contributed by atoms with Gasteiger partial charge < -0.3 is 19.4 Å². The van der Waals surface area contributed by atoms with Gasteiger partial charge in [-0.25, -0.2) is 0 Å². The van der Waals surface area contributed by atoms with Crippen LogP contribution in [0.5, 0.6) is 5.75 Å². The molecule has 0 bridgehead atoms. The number of piperazine rings is 1. The molecule has 1 aromatic rings. The van der Waals surface area contributed by atoms with E-state index in [0.717, 1.165) is 25.4 Å². The van der Waals surface area contributed by atoms with Gasteiger partial charge in [0.15, 0.2) is 0 Å². The fourth-order valence-corrected chi connectivity index (χ4v) is 3.79. The lowest BCUT2D eigenvalue weighted by atomic mass is 10.1. The number of likely N-dealkylation sites (tertiary alicyclic amines) is 1. The Morgan fingerprint density at radius 3 is 2.12 bits per heavy atom. The topological polar surface area (TPSA) is 53.1 Å². The summed E-state index contributed by atoms with van der Waals surface area (Å²) in [5, 5.41) is 0. The first-order valence-electron chi connectivity index (χ1n) is 9.53. The van der Waals surface area contributed by atoms with Crippen molar-refractivity contribution in [3.63, 3.8) is 0 Å². The molecule has 2 heterocycles. The molecule has 0 spiro atoms. The van der Waals surface area contributed by atoms with Gasteiger partial charge in [-0.1, -0.05) is 6.92 Å². The molecule has 26 heavy (non-hydrogen) atoms. The fourth-order valence-electron chi connectivity index (χ4n) is 3.79. The van der Waals surface area contributed by atoms with Crippen molar-refractivity contribution < 1.29 is 14.3 Å². The van der Waals surface area contributed by atoms with E-state index >= 15 is 0 Å². The van der Waals surface area contributed by atoms with Crippen molar-refractivity contribution in [2.24, 2.45) is 5.92 Å². The molecule has 6 heteroatoms. The highest BCUT2D eigenvalue weighted by atomic mass is 16.5. The highest BCUT2D eigenvalue weighted by Crippen LogP contribution is 2.16. The standard InChI is InChI=1S/C20H29N3O3/c1-16(15-21-9-3-4-10-21)19(24)22-11-13-23(14-12-22)20(25)17-5-7-18(26-2)8-6-17/h5-8,16H,3-4,9-15H2,1-2H3/t16-/m1/s1. The lowest BCUT2D eigenvalue weighted by Crippen LogP contribution is -2.52. The van der Waals surface area contributed by atoms with E-state index < -0.39 is 0 Å². The van der Waals surface area contributed by atoms with Crippen molar-refractivity contribution in [3.05, 3.63) is 29.8 Å². The molecule has 0 saturated carbocycles. The Bertz CT molecular complexity index is 618. The largest absolute Gasteiger partial charge is 0.497 e. The third-order valence-electron chi connectivity index (χ3n) is 5.37. The number of carbonyl (C=O) groups is 2. The summed E-state index contributed by atoms with van der Waals surface area (Å²) >= 11 is 0. The summed E-state index contributed by atoms with van der Waals surface area (Å²) in [6.07, 6.45) is 2.49. The highest BCUT2D eigenvalue weighted by Gasteiger charge is 2.28. The van der Waals surface area contributed by atoms with Gasteiger partial charge in [-0.15, -0.1) is 0 Å². The summed E-state index contributed by atoms with van der Waals surface area (Å²) < 4.78 is 5.13. The van der Waals surface area contributed by atoms with Crippen molar-refractivity contribution in [2.75, 3.05) is 52.9 Å². The molecule has 1 aromatic carbocycles. The van der Waals surface area contributed by atoms with E-state index in [4.69, 9.17) is 4.74 Å². The molecule has 0 aromatic heterocycles. The van der Waals surface area contributed by atoms with Crippen molar-refractivity contribution in [2.45, 2.75) is 19.8 Å². The van der Waals surface area contributed by atoms with Crippen molar-refractivity contribution in [3.8, 4) is 5.75 Å². The van der Waals surface area contributed by atoms with Crippen LogP contribution < -0.4 is 4.74 Å². The van der Waals surface area contributed by atoms with Crippen LogP contribution in [-0.2, 0) is 4.79 Å². The fraction of sp³-hybridized carbons (Fsp3) is 0.600. The van der Waals surface area contributed by atoms with E-state index in [1.165, 1.54) is 12.8 Å². The Balaban J connectivity index is 1.49. The number of hydrogen-bond acceptors (Lipinski definition) is 4. The van der Waals surface area contributed by atoms with Gasteiger partial charge in [0.05, 0.1) is 7.11 Å². The highest BCUT2D eigenvalue weighted by molar-refractivity contribution is 5.94. The minimum Gasteiger partial charge on any atom is -0.497 e. The molecule has 0 aliphatic carbocycles. The maximum Gasteiger partial charge on any atom is 0.253 e. The van der Waals surface area contributed by atoms with Gasteiger partial charge in [0.1, 0.15) is 5.75 Å². The molecule has 142 valence electrons. The Hall–Kier alpha value is -2.08. The second kappa shape index (κ2) is 8.54. The van der Waals surface area contributed by atoms with Gasteiger partial charge in [-0.2, -0.15) is 0 Å². The first kappa shape index (κ1) is 18.7. The number of amides is 2. The smallest absolute Gasteiger partial charge is 0.253 e. The normalized spacial score (nSPS) is 19.5. The average Bonchev–Trinajstić information content (AvgIpc) is 3.20. The quantitative estimate of drug-likeness (QED) is 0.803. The van der Waals surface area contributed by atoms with Crippen LogP contribution in [0.1, 0.15) is 30.1 Å². The first-order chi connectivity index (χ1) is 12.6. The minimum absolute atomic E-state index is 0.0184. The number of carbonyl (C=O) groups excluding carboxylic acids is 2. The number of hydrogen-bond donors (Lipinski definition) is 0. The average molecular weight is 359 g/mol. The van der Waals surface area contributed by atoms with Gasteiger partial charge in [-0.05, 0) is 50.2 Å². The number of nitrogens with zero attached hydrogens (tertiary/aromatic N) is 3. The van der Waals surface area contributed by atoms with Crippen LogP contribution in [0.3, 0.4) is 0 Å². The first-order valence-corrected chi connectivity index (χ1v) is 9.53. The molecule has 2 fully saturated rings. The zero-order valence-electron chi connectivity index (χ0n) is 15.8. The van der Waals surface area contributed by atoms with E-state index in [1.54, 1.807) is 31.4 Å². The van der Waals surface area contributed by atoms with Gasteiger partial charge in [-0.3, -0.25) is 9.59 Å². The molecule has 0 N–H and O–H groups in total. The Labute approximate surface area is 155 Å². The molecule has 6 nitrogen and oxygen atoms in total. The summed E-state index contributed by atoms with van der Waals surface area (Å²) in [5.41, 5.74) is 0.660. The van der Waals surface area contributed by atoms with Crippen LogP contribution >= 0.6 is 0 Å². The molecular formula is C20H29N3O3. The third kappa shape index (κ3) is 4.36. The Morgan fingerprint density at radius 2 is 1.54 bits per heavy atom. The lowest BCUT2D eigenvalue weighted by molar-refractivity contribution is -0.137. The lowest BCUT2D eigenvalue weighted by Gasteiger charge is -2.36. The monoisotopic (exact) mass is 359 g/mol.